The number of hydrogen-bond acceptors (Lipinski definition) is 7. The van der Waals surface area contributed by atoms with Gasteiger partial charge >= 0.3 is 0 Å². The summed E-state index contributed by atoms with van der Waals surface area (Å²) < 4.78 is 24.9. The summed E-state index contributed by atoms with van der Waals surface area (Å²) in [6.45, 7) is 6.96. The molecule has 0 unspecified atom stereocenters. The Morgan fingerprint density at radius 3 is 2.58 bits per heavy atom. The molecule has 1 aliphatic rings. The monoisotopic (exact) mass is 665 g/mol. The quantitative estimate of drug-likeness (QED) is 0.164. The van der Waals surface area contributed by atoms with E-state index >= 15 is 0 Å². The normalized spacial score (nSPS) is 12.1. The number of nitrogens with one attached hydrogen (secondary N) is 2. The van der Waals surface area contributed by atoms with Crippen molar-refractivity contribution >= 4 is 33.4 Å². The van der Waals surface area contributed by atoms with Gasteiger partial charge in [0.15, 0.2) is 11.5 Å². The second kappa shape index (κ2) is 14.6. The van der Waals surface area contributed by atoms with Gasteiger partial charge < -0.3 is 29.6 Å². The molecule has 5 rings (SSSR count). The third-order valence-corrected chi connectivity index (χ3v) is 7.67. The van der Waals surface area contributed by atoms with Gasteiger partial charge in [0.2, 0.25) is 5.91 Å². The summed E-state index contributed by atoms with van der Waals surface area (Å²) in [5, 5.41) is 6.59. The first-order chi connectivity index (χ1) is 20.9. The Kier molecular flexibility index (Phi) is 10.4. The van der Waals surface area contributed by atoms with Gasteiger partial charge in [-0.1, -0.05) is 35.9 Å². The fourth-order valence-electron chi connectivity index (χ4n) is 4.72. The molecule has 0 fully saturated rings. The maximum Gasteiger partial charge on any atom is 0.216 e. The maximum atomic E-state index is 11.2. The maximum absolute atomic E-state index is 11.2. The van der Waals surface area contributed by atoms with Gasteiger partial charge in [-0.2, -0.15) is 0 Å². The first-order valence-electron chi connectivity index (χ1n) is 14.0. The second-order valence-electron chi connectivity index (χ2n) is 10.1. The van der Waals surface area contributed by atoms with Crippen molar-refractivity contribution < 1.29 is 23.7 Å². The van der Waals surface area contributed by atoms with Crippen molar-refractivity contribution in [1.29, 1.82) is 0 Å². The van der Waals surface area contributed by atoms with E-state index in [1.165, 1.54) is 6.92 Å². The van der Waals surface area contributed by atoms with E-state index in [2.05, 4.69) is 50.6 Å². The molecule has 2 heterocycles. The number of aromatic nitrogens is 1. The Balaban J connectivity index is 1.33. The molecule has 10 heteroatoms. The van der Waals surface area contributed by atoms with Gasteiger partial charge in [0.1, 0.15) is 37.9 Å². The predicted octanol–water partition coefficient (Wildman–Crippen LogP) is 6.63. The van der Waals surface area contributed by atoms with E-state index in [4.69, 9.17) is 30.5 Å². The molecular formula is C33H33BrClN3O5. The number of nitrogens with zero attached hydrogens (tertiary/aromatic N) is 1. The zero-order valence-corrected chi connectivity index (χ0v) is 26.4. The fourth-order valence-corrected chi connectivity index (χ4v) is 5.38. The number of halogens is 2. The zero-order chi connectivity index (χ0) is 30.2. The van der Waals surface area contributed by atoms with E-state index in [1.807, 2.05) is 42.5 Å². The molecule has 3 aromatic carbocycles. The van der Waals surface area contributed by atoms with E-state index in [0.29, 0.717) is 62.6 Å². The molecule has 0 aliphatic carbocycles. The fraction of sp³-hybridized carbons (Fsp3) is 0.273. The lowest BCUT2D eigenvalue weighted by atomic mass is 9.96. The molecule has 0 spiro atoms. The van der Waals surface area contributed by atoms with Crippen LogP contribution in [-0.4, -0.2) is 37.2 Å². The topological polar surface area (TPSA) is 90.9 Å². The van der Waals surface area contributed by atoms with E-state index in [-0.39, 0.29) is 5.91 Å². The Morgan fingerprint density at radius 1 is 0.953 bits per heavy atom. The van der Waals surface area contributed by atoms with Crippen molar-refractivity contribution in [2.45, 2.75) is 33.6 Å². The summed E-state index contributed by atoms with van der Waals surface area (Å²) in [5.74, 6) is 2.63. The van der Waals surface area contributed by atoms with Crippen LogP contribution in [0.4, 0.5) is 0 Å². The van der Waals surface area contributed by atoms with Crippen LogP contribution in [0.5, 0.6) is 23.0 Å². The van der Waals surface area contributed by atoms with E-state index < -0.39 is 0 Å². The Morgan fingerprint density at radius 2 is 1.77 bits per heavy atom. The van der Waals surface area contributed by atoms with Crippen LogP contribution in [0, 0.1) is 6.92 Å². The predicted molar refractivity (Wildman–Crippen MR) is 170 cm³/mol. The van der Waals surface area contributed by atoms with Crippen LogP contribution in [0.2, 0.25) is 5.02 Å². The molecule has 0 atom stereocenters. The molecule has 8 nitrogen and oxygen atoms in total. The SMILES string of the molecule is CC(=O)NCCNCc1cc(Cl)c(OCc2cccc(-c3ccc4c(c3)OCCO4)c2C)cc1OCc1cncc(Br)c1. The zero-order valence-electron chi connectivity index (χ0n) is 24.0. The highest BCUT2D eigenvalue weighted by molar-refractivity contribution is 9.10. The number of hydrogen-bond donors (Lipinski definition) is 2. The molecule has 0 radical (unpaired) electrons. The molecule has 224 valence electrons. The molecule has 1 aromatic heterocycles. The van der Waals surface area contributed by atoms with Gasteiger partial charge in [-0.25, -0.2) is 0 Å². The largest absolute Gasteiger partial charge is 0.488 e. The third kappa shape index (κ3) is 8.19. The van der Waals surface area contributed by atoms with E-state index in [0.717, 1.165) is 49.4 Å². The van der Waals surface area contributed by atoms with Crippen LogP contribution in [0.1, 0.15) is 29.2 Å². The first kappa shape index (κ1) is 30.7. The molecular weight excluding hydrogens is 634 g/mol. The summed E-state index contributed by atoms with van der Waals surface area (Å²) in [6.07, 6.45) is 3.49. The number of pyridine rings is 1. The van der Waals surface area contributed by atoms with E-state index in [9.17, 15) is 4.79 Å². The van der Waals surface area contributed by atoms with Crippen LogP contribution in [-0.2, 0) is 24.6 Å². The molecule has 1 aliphatic heterocycles. The Bertz CT molecular complexity index is 1600. The summed E-state index contributed by atoms with van der Waals surface area (Å²) in [7, 11) is 0. The standard InChI is InChI=1S/C33H33BrClN3O5/c1-21-25(4-3-5-28(21)24-6-7-30-33(14-24)41-11-10-40-30)20-43-32-15-31(42-19-23-12-27(34)18-37-16-23)26(13-29(32)35)17-36-8-9-38-22(2)39/h3-7,12-16,18,36H,8-11,17,19-20H2,1-2H3,(H,38,39). The minimum absolute atomic E-state index is 0.0647. The highest BCUT2D eigenvalue weighted by atomic mass is 79.9. The summed E-state index contributed by atoms with van der Waals surface area (Å²) in [5.41, 5.74) is 6.08. The molecule has 1 amide bonds. The van der Waals surface area contributed by atoms with Crippen molar-refractivity contribution in [2.75, 3.05) is 26.3 Å². The van der Waals surface area contributed by atoms with Gasteiger partial charge in [0, 0.05) is 60.6 Å². The molecule has 0 bridgehead atoms. The van der Waals surface area contributed by atoms with Crippen LogP contribution in [0.25, 0.3) is 11.1 Å². The number of carbonyl (C=O) groups is 1. The number of ether oxygens (including phenoxy) is 4. The second-order valence-corrected chi connectivity index (χ2v) is 11.4. The van der Waals surface area contributed by atoms with Gasteiger partial charge in [-0.3, -0.25) is 9.78 Å². The molecule has 4 aromatic rings. The molecule has 43 heavy (non-hydrogen) atoms. The number of carbonyl (C=O) groups excluding carboxylic acids is 1. The Hall–Kier alpha value is -3.79. The summed E-state index contributed by atoms with van der Waals surface area (Å²) >= 11 is 10.2. The van der Waals surface area contributed by atoms with Crippen LogP contribution < -0.4 is 29.6 Å². The highest BCUT2D eigenvalue weighted by Gasteiger charge is 2.16. The number of rotatable bonds is 12. The average molecular weight is 667 g/mol. The lowest BCUT2D eigenvalue weighted by Crippen LogP contribution is -2.30. The molecule has 2 N–H and O–H groups in total. The first-order valence-corrected chi connectivity index (χ1v) is 15.2. The summed E-state index contributed by atoms with van der Waals surface area (Å²) in [6, 6.07) is 17.8. The van der Waals surface area contributed by atoms with Gasteiger partial charge in [0.25, 0.3) is 0 Å². The third-order valence-electron chi connectivity index (χ3n) is 6.94. The van der Waals surface area contributed by atoms with Crippen LogP contribution >= 0.6 is 27.5 Å². The molecule has 0 saturated carbocycles. The smallest absolute Gasteiger partial charge is 0.216 e. The lowest BCUT2D eigenvalue weighted by Gasteiger charge is -2.20. The number of amides is 1. The van der Waals surface area contributed by atoms with Gasteiger partial charge in [-0.05, 0) is 69.4 Å². The number of fused-ring (bicyclic) bond motifs is 1. The number of benzene rings is 3. The average Bonchev–Trinajstić information content (AvgIpc) is 3.00. The van der Waals surface area contributed by atoms with Crippen molar-refractivity contribution in [3.8, 4) is 34.1 Å². The van der Waals surface area contributed by atoms with Crippen molar-refractivity contribution in [1.82, 2.24) is 15.6 Å². The highest BCUT2D eigenvalue weighted by Crippen LogP contribution is 2.37. The van der Waals surface area contributed by atoms with Crippen molar-refractivity contribution in [3.63, 3.8) is 0 Å². The molecule has 0 saturated heterocycles. The van der Waals surface area contributed by atoms with Crippen molar-refractivity contribution in [3.05, 3.63) is 98.7 Å². The lowest BCUT2D eigenvalue weighted by molar-refractivity contribution is -0.118. The minimum Gasteiger partial charge on any atom is -0.488 e. The van der Waals surface area contributed by atoms with E-state index in [1.54, 1.807) is 12.4 Å². The summed E-state index contributed by atoms with van der Waals surface area (Å²) in [4.78, 5) is 15.4. The van der Waals surface area contributed by atoms with Crippen LogP contribution in [0.15, 0.2) is 71.5 Å². The van der Waals surface area contributed by atoms with Crippen molar-refractivity contribution in [2.24, 2.45) is 0 Å². The van der Waals surface area contributed by atoms with Gasteiger partial charge in [0.05, 0.1) is 5.02 Å². The Labute approximate surface area is 264 Å². The minimum atomic E-state index is -0.0647. The van der Waals surface area contributed by atoms with Crippen LogP contribution in [0.3, 0.4) is 0 Å². The van der Waals surface area contributed by atoms with Gasteiger partial charge in [-0.15, -0.1) is 0 Å².